The molecule has 1 N–H and O–H groups in total. The number of thioether (sulfide) groups is 1. The summed E-state index contributed by atoms with van der Waals surface area (Å²) in [5, 5.41) is 22.2. The number of aliphatic imine (C=N–C) groups is 1. The number of cyclic esters (lactones) is 1. The summed E-state index contributed by atoms with van der Waals surface area (Å²) in [5.41, 5.74) is 1.29. The van der Waals surface area contributed by atoms with Gasteiger partial charge in [-0.1, -0.05) is 53.0 Å². The monoisotopic (exact) mass is 534 g/mol. The smallest absolute Gasteiger partial charge is 0.307 e. The first-order valence-electron chi connectivity index (χ1n) is 13.5. The summed E-state index contributed by atoms with van der Waals surface area (Å²) in [5.74, 6) is -1.38. The van der Waals surface area contributed by atoms with Gasteiger partial charge in [-0.15, -0.1) is 11.8 Å². The third-order valence-electron chi connectivity index (χ3n) is 6.96. The van der Waals surface area contributed by atoms with Crippen LogP contribution in [0.15, 0.2) is 27.7 Å². The quantitative estimate of drug-likeness (QED) is 0.235. The molecule has 1 heterocycles. The molecule has 7 heteroatoms. The summed E-state index contributed by atoms with van der Waals surface area (Å²) >= 11 is 1.67. The largest absolute Gasteiger partial charge is 0.466 e. The summed E-state index contributed by atoms with van der Waals surface area (Å²) < 4.78 is 5.27. The molecule has 1 saturated heterocycles. The second-order valence-electron chi connectivity index (χ2n) is 11.0. The van der Waals surface area contributed by atoms with Gasteiger partial charge in [0.05, 0.1) is 36.8 Å². The number of carbonyl (C=O) groups excluding carboxylic acids is 2. The molecular formula is C30H50N2O4S. The first-order chi connectivity index (χ1) is 17.3. The van der Waals surface area contributed by atoms with Crippen molar-refractivity contribution >= 4 is 29.7 Å². The van der Waals surface area contributed by atoms with Crippen LogP contribution in [-0.4, -0.2) is 42.0 Å². The van der Waals surface area contributed by atoms with E-state index >= 15 is 0 Å². The molecule has 0 radical (unpaired) electrons. The van der Waals surface area contributed by atoms with Crippen LogP contribution in [0.1, 0.15) is 93.9 Å². The van der Waals surface area contributed by atoms with Crippen LogP contribution < -0.4 is 0 Å². The van der Waals surface area contributed by atoms with Crippen molar-refractivity contribution in [3.63, 3.8) is 0 Å². The van der Waals surface area contributed by atoms with Crippen LogP contribution in [0, 0.1) is 40.4 Å². The van der Waals surface area contributed by atoms with Gasteiger partial charge < -0.3 is 9.84 Å². The van der Waals surface area contributed by atoms with Gasteiger partial charge in [0.1, 0.15) is 5.78 Å². The van der Waals surface area contributed by atoms with Crippen LogP contribution in [0.25, 0.3) is 0 Å². The van der Waals surface area contributed by atoms with Gasteiger partial charge in [-0.25, -0.2) is 0 Å². The van der Waals surface area contributed by atoms with Crippen LogP contribution >= 0.6 is 11.8 Å². The lowest BCUT2D eigenvalue weighted by molar-refractivity contribution is -0.147. The number of esters is 1. The first-order valence-corrected chi connectivity index (χ1v) is 14.7. The lowest BCUT2D eigenvalue weighted by atomic mass is 9.69. The maximum absolute atomic E-state index is 13.0. The highest BCUT2D eigenvalue weighted by atomic mass is 32.2. The van der Waals surface area contributed by atoms with Crippen molar-refractivity contribution in [2.24, 2.45) is 34.1 Å². The van der Waals surface area contributed by atoms with Gasteiger partial charge in [0, 0.05) is 17.5 Å². The zero-order valence-corrected chi connectivity index (χ0v) is 25.4. The number of ketones is 1. The molecular weight excluding hydrogens is 484 g/mol. The summed E-state index contributed by atoms with van der Waals surface area (Å²) in [6.07, 6.45) is 9.81. The number of carbonyl (C=O) groups is 2. The lowest BCUT2D eigenvalue weighted by Gasteiger charge is -2.34. The maximum atomic E-state index is 13.0. The fourth-order valence-corrected chi connectivity index (χ4v) is 4.85. The van der Waals surface area contributed by atoms with Gasteiger partial charge in [0.15, 0.2) is 0 Å². The Bertz CT molecular complexity index is 837. The van der Waals surface area contributed by atoms with E-state index in [9.17, 15) is 20.0 Å². The molecule has 0 saturated carbocycles. The molecule has 0 spiro atoms. The van der Waals surface area contributed by atoms with Crippen molar-refractivity contribution in [1.82, 2.24) is 0 Å². The second kappa shape index (κ2) is 18.4. The predicted molar refractivity (Wildman–Crippen MR) is 155 cm³/mol. The number of rotatable bonds is 3. The van der Waals surface area contributed by atoms with Crippen LogP contribution in [0.5, 0.6) is 0 Å². The number of ether oxygens (including phenoxy) is 1. The van der Waals surface area contributed by atoms with E-state index in [1.54, 1.807) is 32.5 Å². The highest BCUT2D eigenvalue weighted by Gasteiger charge is 2.43. The summed E-state index contributed by atoms with van der Waals surface area (Å²) in [6.45, 7) is 15.7. The van der Waals surface area contributed by atoms with Crippen LogP contribution in [0.4, 0.5) is 0 Å². The molecule has 2 unspecified atom stereocenters. The summed E-state index contributed by atoms with van der Waals surface area (Å²) in [4.78, 5) is 29.3. The Morgan fingerprint density at radius 2 is 1.78 bits per heavy atom. The molecule has 0 aliphatic carbocycles. The molecule has 1 rings (SSSR count). The number of Topliss-reactive ketones (excluding diaryl/α,β-unsaturated/α-hetero) is 1. The van der Waals surface area contributed by atoms with E-state index in [-0.39, 0.29) is 18.1 Å². The zero-order valence-electron chi connectivity index (χ0n) is 24.5. The van der Waals surface area contributed by atoms with Crippen LogP contribution in [-0.2, 0) is 14.3 Å². The molecule has 0 amide bonds. The van der Waals surface area contributed by atoms with Crippen molar-refractivity contribution < 1.29 is 19.4 Å². The molecule has 0 bridgehead atoms. The predicted octanol–water partition coefficient (Wildman–Crippen LogP) is 7.14. The number of aliphatic hydroxyl groups is 1. The fourth-order valence-electron chi connectivity index (χ4n) is 4.48. The van der Waals surface area contributed by atoms with Gasteiger partial charge >= 0.3 is 5.97 Å². The standard InChI is InChI=1S/C21H35NO4.C9H15NS/c1-14-8-6-10-15(2)19(24)16(3)20(25)21(4,5)17(13-22)12-18(23)26-11-7-9-14;1-5-10-9(7-11-4)6-8(2)3/h14-17,19,24H,6-12H2,1-5H3;5-7H,1-4H3/b;9-7-,10-5?/t14?,15-,16+,17?,19-;/m0./s1. The van der Waals surface area contributed by atoms with Crippen molar-refractivity contribution in [2.75, 3.05) is 12.9 Å². The molecule has 0 aromatic rings. The number of nitriles is 1. The van der Waals surface area contributed by atoms with Crippen molar-refractivity contribution in [1.29, 1.82) is 5.26 Å². The van der Waals surface area contributed by atoms with E-state index in [1.165, 1.54) is 5.57 Å². The van der Waals surface area contributed by atoms with Gasteiger partial charge in [0.2, 0.25) is 0 Å². The number of hydrogen-bond acceptors (Lipinski definition) is 7. The Hall–Kier alpha value is -1.91. The zero-order chi connectivity index (χ0) is 28.6. The fraction of sp³-hybridized carbons (Fsp3) is 0.733. The van der Waals surface area contributed by atoms with Gasteiger partial charge in [-0.05, 0) is 69.6 Å². The number of allylic oxidation sites excluding steroid dienone is 2. The van der Waals surface area contributed by atoms with E-state index in [2.05, 4.69) is 37.9 Å². The van der Waals surface area contributed by atoms with Gasteiger partial charge in [0.25, 0.3) is 0 Å². The van der Waals surface area contributed by atoms with E-state index in [0.29, 0.717) is 12.5 Å². The van der Waals surface area contributed by atoms with E-state index in [1.807, 2.05) is 31.7 Å². The Labute approximate surface area is 230 Å². The van der Waals surface area contributed by atoms with Crippen molar-refractivity contribution in [2.45, 2.75) is 100 Å². The molecule has 37 heavy (non-hydrogen) atoms. The number of hydrogen-bond donors (Lipinski definition) is 1. The average molecular weight is 535 g/mol. The molecule has 210 valence electrons. The summed E-state index contributed by atoms with van der Waals surface area (Å²) in [7, 11) is 0. The number of aliphatic hydroxyl groups excluding tert-OH is 1. The minimum Gasteiger partial charge on any atom is -0.466 e. The summed E-state index contributed by atoms with van der Waals surface area (Å²) in [6, 6.07) is 2.11. The van der Waals surface area contributed by atoms with Crippen LogP contribution in [0.2, 0.25) is 0 Å². The van der Waals surface area contributed by atoms with Crippen LogP contribution in [0.3, 0.4) is 0 Å². The molecule has 1 fully saturated rings. The topological polar surface area (TPSA) is 99.8 Å². The Morgan fingerprint density at radius 1 is 1.16 bits per heavy atom. The Morgan fingerprint density at radius 3 is 2.32 bits per heavy atom. The highest BCUT2D eigenvalue weighted by molar-refractivity contribution is 8.01. The number of nitrogens with zero attached hydrogens (tertiary/aromatic N) is 2. The SMILES string of the molecule is CC1CCCOC(=O)CC(C#N)C(C)(C)C(=O)[C@H](C)[C@@H](O)[C@@H](C)CCC1.CC=N/C(C=C(C)C)=C\SC. The Balaban J connectivity index is 0.000000989. The molecule has 6 nitrogen and oxygen atoms in total. The van der Waals surface area contributed by atoms with Crippen molar-refractivity contribution in [3.05, 3.63) is 22.8 Å². The van der Waals surface area contributed by atoms with Gasteiger partial charge in [-0.2, -0.15) is 5.26 Å². The molecule has 1 aliphatic rings. The normalized spacial score (nSPS) is 28.5. The molecule has 0 aromatic carbocycles. The van der Waals surface area contributed by atoms with E-state index in [4.69, 9.17) is 4.74 Å². The highest BCUT2D eigenvalue weighted by Crippen LogP contribution is 2.35. The van der Waals surface area contributed by atoms with E-state index < -0.39 is 29.3 Å². The van der Waals surface area contributed by atoms with Gasteiger partial charge in [-0.3, -0.25) is 14.6 Å². The third kappa shape index (κ3) is 13.4. The minimum absolute atomic E-state index is 0.0235. The minimum atomic E-state index is -1.01. The maximum Gasteiger partial charge on any atom is 0.307 e. The second-order valence-corrected chi connectivity index (χ2v) is 11.7. The van der Waals surface area contributed by atoms with E-state index in [0.717, 1.165) is 37.8 Å². The molecule has 5 atom stereocenters. The molecule has 0 aromatic heterocycles. The third-order valence-corrected chi connectivity index (χ3v) is 7.43. The Kier molecular flexibility index (Phi) is 17.4. The lowest BCUT2D eigenvalue weighted by Crippen LogP contribution is -2.42. The van der Waals surface area contributed by atoms with Crippen molar-refractivity contribution in [3.8, 4) is 6.07 Å². The average Bonchev–Trinajstić information content (AvgIpc) is 2.83. The molecule has 1 aliphatic heterocycles. The first kappa shape index (κ1) is 35.1.